The minimum absolute atomic E-state index is 0. The van der Waals surface area contributed by atoms with E-state index >= 15 is 0 Å². The van der Waals surface area contributed by atoms with Crippen molar-refractivity contribution in [3.63, 3.8) is 0 Å². The second-order valence-electron chi connectivity index (χ2n) is 0.914. The van der Waals surface area contributed by atoms with Crippen LogP contribution < -0.4 is 18.9 Å². The molecular weight excluding hydrogens is 83.0 g/mol. The molecule has 0 aliphatic heterocycles. The second-order valence-corrected chi connectivity index (χ2v) is 0.914. The molecule has 3 heteroatoms. The van der Waals surface area contributed by atoms with Crippen LogP contribution in [0, 0.1) is 0 Å². The number of rotatable bonds is 0. The molecule has 2 nitrogen and oxygen atoms in total. The van der Waals surface area contributed by atoms with E-state index < -0.39 is 0 Å². The topological polar surface area (TPSA) is 25.8 Å². The maximum Gasteiger partial charge on any atom is 1.00 e. The van der Waals surface area contributed by atoms with E-state index in [9.17, 15) is 0 Å². The number of aromatic nitrogens is 2. The number of hydrogen-bond acceptors (Lipinski definition) is 2. The summed E-state index contributed by atoms with van der Waals surface area (Å²) in [5.41, 5.74) is 0. The molecule has 1 aromatic rings. The first kappa shape index (κ1) is 6.68. The third-order valence-corrected chi connectivity index (χ3v) is 0.483. The Hall–Kier alpha value is -0.323. The summed E-state index contributed by atoms with van der Waals surface area (Å²) in [6.07, 6.45) is 3.28. The normalized spacial score (nSPS) is 6.86. The summed E-state index contributed by atoms with van der Waals surface area (Å²) < 4.78 is 0. The first-order valence-electron chi connectivity index (χ1n) is 1.72. The maximum absolute atomic E-state index is 3.53. The van der Waals surface area contributed by atoms with Gasteiger partial charge in [-0.05, 0) is 12.1 Å². The molecule has 1 rings (SSSR count). The first-order valence-corrected chi connectivity index (χ1v) is 1.72. The Morgan fingerprint density at radius 2 is 1.43 bits per heavy atom. The molecule has 7 heavy (non-hydrogen) atoms. The molecular formula is C4H5LiN2. The minimum atomic E-state index is 0. The van der Waals surface area contributed by atoms with Crippen molar-refractivity contribution in [1.82, 2.24) is 10.2 Å². The average molecular weight is 88.0 g/mol. The van der Waals surface area contributed by atoms with Crippen molar-refractivity contribution in [3.8, 4) is 0 Å². The summed E-state index contributed by atoms with van der Waals surface area (Å²) in [6.45, 7) is 0. The fourth-order valence-electron chi connectivity index (χ4n) is 0.253. The van der Waals surface area contributed by atoms with Gasteiger partial charge in [-0.1, -0.05) is 0 Å². The van der Waals surface area contributed by atoms with Crippen LogP contribution in [0.2, 0.25) is 0 Å². The standard InChI is InChI=1S/C4H4N2.Li.H/c1-2-4-6-5-3-1;;/h1-4H;;/q;+1;-1. The molecule has 0 atom stereocenters. The summed E-state index contributed by atoms with van der Waals surface area (Å²) in [6, 6.07) is 3.65. The van der Waals surface area contributed by atoms with Gasteiger partial charge in [0.25, 0.3) is 0 Å². The van der Waals surface area contributed by atoms with Gasteiger partial charge in [-0.15, -0.1) is 0 Å². The van der Waals surface area contributed by atoms with Gasteiger partial charge >= 0.3 is 18.9 Å². The van der Waals surface area contributed by atoms with E-state index in [1.165, 1.54) is 0 Å². The zero-order valence-corrected chi connectivity index (χ0v) is 4.20. The zero-order chi connectivity index (χ0) is 4.24. The molecule has 0 N–H and O–H groups in total. The van der Waals surface area contributed by atoms with Crippen LogP contribution in [0.25, 0.3) is 0 Å². The molecule has 0 aliphatic rings. The third kappa shape index (κ3) is 2.38. The monoisotopic (exact) mass is 88.1 g/mol. The number of hydrogen-bond donors (Lipinski definition) is 0. The van der Waals surface area contributed by atoms with Crippen LogP contribution in [-0.2, 0) is 0 Å². The van der Waals surface area contributed by atoms with Gasteiger partial charge in [0.2, 0.25) is 0 Å². The van der Waals surface area contributed by atoms with Gasteiger partial charge in [0.15, 0.2) is 0 Å². The predicted molar refractivity (Wildman–Crippen MR) is 23.1 cm³/mol. The molecule has 1 heterocycles. The van der Waals surface area contributed by atoms with Gasteiger partial charge < -0.3 is 1.43 Å². The Balaban J connectivity index is 0. The van der Waals surface area contributed by atoms with Crippen LogP contribution in [0.1, 0.15) is 1.43 Å². The van der Waals surface area contributed by atoms with Gasteiger partial charge in [-0.25, -0.2) is 0 Å². The third-order valence-electron chi connectivity index (χ3n) is 0.483. The second kappa shape index (κ2) is 3.85. The predicted octanol–water partition coefficient (Wildman–Crippen LogP) is -2.41. The smallest absolute Gasteiger partial charge is 1.00 e. The van der Waals surface area contributed by atoms with E-state index in [0.29, 0.717) is 0 Å². The van der Waals surface area contributed by atoms with E-state index in [0.717, 1.165) is 0 Å². The van der Waals surface area contributed by atoms with Gasteiger partial charge in [-0.3, -0.25) is 0 Å². The van der Waals surface area contributed by atoms with Gasteiger partial charge in [0, 0.05) is 12.4 Å². The summed E-state index contributed by atoms with van der Waals surface area (Å²) in [7, 11) is 0. The van der Waals surface area contributed by atoms with Crippen LogP contribution in [0.15, 0.2) is 24.5 Å². The number of nitrogens with zero attached hydrogens (tertiary/aromatic N) is 2. The van der Waals surface area contributed by atoms with Gasteiger partial charge in [-0.2, -0.15) is 10.2 Å². The zero-order valence-electron chi connectivity index (χ0n) is 5.20. The molecule has 1 aromatic heterocycles. The van der Waals surface area contributed by atoms with Crippen LogP contribution in [0.4, 0.5) is 0 Å². The van der Waals surface area contributed by atoms with Crippen molar-refractivity contribution in [1.29, 1.82) is 0 Å². The summed E-state index contributed by atoms with van der Waals surface area (Å²) >= 11 is 0. The van der Waals surface area contributed by atoms with Crippen molar-refractivity contribution in [2.75, 3.05) is 0 Å². The molecule has 0 radical (unpaired) electrons. The van der Waals surface area contributed by atoms with Crippen molar-refractivity contribution in [2.24, 2.45) is 0 Å². The van der Waals surface area contributed by atoms with Crippen LogP contribution >= 0.6 is 0 Å². The summed E-state index contributed by atoms with van der Waals surface area (Å²) in [5.74, 6) is 0. The van der Waals surface area contributed by atoms with Crippen LogP contribution in [0.5, 0.6) is 0 Å². The Kier molecular flexibility index (Phi) is 3.68. The molecule has 0 fully saturated rings. The van der Waals surface area contributed by atoms with Crippen LogP contribution in [0.3, 0.4) is 0 Å². The molecule has 0 aliphatic carbocycles. The Morgan fingerprint density at radius 1 is 1.00 bits per heavy atom. The average Bonchev–Trinajstić information content (AvgIpc) is 1.72. The van der Waals surface area contributed by atoms with E-state index in [1.54, 1.807) is 12.4 Å². The fourth-order valence-corrected chi connectivity index (χ4v) is 0.253. The van der Waals surface area contributed by atoms with Crippen molar-refractivity contribution < 1.29 is 20.3 Å². The minimum Gasteiger partial charge on any atom is -1.00 e. The molecule has 0 unspecified atom stereocenters. The van der Waals surface area contributed by atoms with Crippen molar-refractivity contribution in [2.45, 2.75) is 0 Å². The molecule has 0 spiro atoms. The van der Waals surface area contributed by atoms with Gasteiger partial charge in [0.05, 0.1) is 0 Å². The first-order chi connectivity index (χ1) is 3.00. The van der Waals surface area contributed by atoms with E-state index in [2.05, 4.69) is 10.2 Å². The molecule has 0 amide bonds. The quantitative estimate of drug-likeness (QED) is 0.330. The van der Waals surface area contributed by atoms with E-state index in [-0.39, 0.29) is 20.3 Å². The Morgan fingerprint density at radius 3 is 1.57 bits per heavy atom. The molecule has 32 valence electrons. The summed E-state index contributed by atoms with van der Waals surface area (Å²) in [4.78, 5) is 0. The fraction of sp³-hybridized carbons (Fsp3) is 0. The molecule has 0 saturated carbocycles. The Bertz CT molecular complexity index is 86.0. The molecule has 0 bridgehead atoms. The van der Waals surface area contributed by atoms with E-state index in [4.69, 9.17) is 0 Å². The van der Waals surface area contributed by atoms with E-state index in [1.807, 2.05) is 12.1 Å². The van der Waals surface area contributed by atoms with Crippen LogP contribution in [-0.4, -0.2) is 10.2 Å². The molecule has 0 saturated heterocycles. The van der Waals surface area contributed by atoms with Gasteiger partial charge in [0.1, 0.15) is 0 Å². The van der Waals surface area contributed by atoms with Crippen molar-refractivity contribution in [3.05, 3.63) is 24.5 Å². The molecule has 0 aromatic carbocycles. The summed E-state index contributed by atoms with van der Waals surface area (Å²) in [5, 5.41) is 7.07. The SMILES string of the molecule is [H-].[Li+].c1ccnnc1. The maximum atomic E-state index is 3.53. The largest absolute Gasteiger partial charge is 1.00 e. The Labute approximate surface area is 55.6 Å². The van der Waals surface area contributed by atoms with Crippen molar-refractivity contribution >= 4 is 0 Å².